The third kappa shape index (κ3) is 5.91. The highest BCUT2D eigenvalue weighted by Gasteiger charge is 2.44. The van der Waals surface area contributed by atoms with E-state index in [9.17, 15) is 39.5 Å². The van der Waals surface area contributed by atoms with Gasteiger partial charge in [-0.2, -0.15) is 0 Å². The lowest BCUT2D eigenvalue weighted by Gasteiger charge is -2.38. The number of aromatic nitrogens is 2. The molecule has 0 aromatic carbocycles. The molecule has 2 saturated heterocycles. The Morgan fingerprint density at radius 2 is 1.82 bits per heavy atom. The summed E-state index contributed by atoms with van der Waals surface area (Å²) in [4.78, 5) is 38.4. The van der Waals surface area contributed by atoms with Crippen LogP contribution in [0.4, 0.5) is 0 Å². The zero-order valence-corrected chi connectivity index (χ0v) is 18.5. The molecule has 0 spiro atoms. The van der Waals surface area contributed by atoms with E-state index >= 15 is 0 Å². The van der Waals surface area contributed by atoms with E-state index in [0.29, 0.717) is 0 Å². The lowest BCUT2D eigenvalue weighted by Crippen LogP contribution is -2.58. The first kappa shape index (κ1) is 26.5. The van der Waals surface area contributed by atoms with Crippen molar-refractivity contribution in [3.05, 3.63) is 43.0 Å². The summed E-state index contributed by atoms with van der Waals surface area (Å²) < 4.78 is 33.4. The van der Waals surface area contributed by atoms with Gasteiger partial charge in [0.15, 0.2) is 6.29 Å². The highest BCUT2D eigenvalue weighted by atomic mass is 31.2. The predicted molar refractivity (Wildman–Crippen MR) is 108 cm³/mol. The fraction of sp³-hybridized carbons (Fsp3) is 0.750. The van der Waals surface area contributed by atoms with Crippen LogP contribution in [0.1, 0.15) is 18.2 Å². The molecule has 190 valence electrons. The van der Waals surface area contributed by atoms with Crippen molar-refractivity contribution in [1.82, 2.24) is 9.55 Å². The second-order valence-electron chi connectivity index (χ2n) is 7.71. The summed E-state index contributed by atoms with van der Waals surface area (Å²) in [5.41, 5.74) is 7.68. The Balaban J connectivity index is 1.62. The number of aryl methyl sites for hydroxylation is 1. The minimum Gasteiger partial charge on any atom is -0.387 e. The summed E-state index contributed by atoms with van der Waals surface area (Å²) in [5.74, 6) is 0. The van der Waals surface area contributed by atoms with E-state index in [1.54, 1.807) is 0 Å². The number of phosphoric ester groups is 1. The molecule has 3 rings (SSSR count). The van der Waals surface area contributed by atoms with Gasteiger partial charge in [0.25, 0.3) is 5.56 Å². The Morgan fingerprint density at radius 1 is 1.18 bits per heavy atom. The Kier molecular flexibility index (Phi) is 8.28. The van der Waals surface area contributed by atoms with Crippen LogP contribution in [0.3, 0.4) is 0 Å². The summed E-state index contributed by atoms with van der Waals surface area (Å²) in [6.07, 6.45) is -9.40. The molecule has 18 heteroatoms. The molecular formula is C16H24N5O12P. The first-order valence-electron chi connectivity index (χ1n) is 9.95. The number of nitrogens with zero attached hydrogens (tertiary/aromatic N) is 4. The first-order valence-corrected chi connectivity index (χ1v) is 11.4. The number of phosphoric acid groups is 1. The second-order valence-corrected chi connectivity index (χ2v) is 9.17. The number of ether oxygens (including phenoxy) is 2. The molecule has 1 aromatic rings. The Bertz CT molecular complexity index is 1090. The van der Waals surface area contributed by atoms with Crippen LogP contribution < -0.4 is 11.2 Å². The molecule has 9 atom stereocenters. The highest BCUT2D eigenvalue weighted by Crippen LogP contribution is 2.45. The molecule has 0 amide bonds. The van der Waals surface area contributed by atoms with Crippen LogP contribution in [-0.2, 0) is 23.1 Å². The summed E-state index contributed by atoms with van der Waals surface area (Å²) in [6, 6.07) is -0.899. The van der Waals surface area contributed by atoms with Crippen molar-refractivity contribution in [3.8, 4) is 0 Å². The van der Waals surface area contributed by atoms with E-state index in [4.69, 9.17) is 24.1 Å². The monoisotopic (exact) mass is 509 g/mol. The molecule has 17 nitrogen and oxygen atoms in total. The van der Waals surface area contributed by atoms with E-state index in [-0.39, 0.29) is 12.0 Å². The Morgan fingerprint density at radius 3 is 2.47 bits per heavy atom. The third-order valence-electron chi connectivity index (χ3n) is 5.35. The first-order chi connectivity index (χ1) is 15.9. The van der Waals surface area contributed by atoms with Crippen molar-refractivity contribution < 1.29 is 48.4 Å². The highest BCUT2D eigenvalue weighted by molar-refractivity contribution is 7.47. The van der Waals surface area contributed by atoms with Crippen LogP contribution in [0, 0.1) is 6.92 Å². The summed E-state index contributed by atoms with van der Waals surface area (Å²) in [5, 5.41) is 42.0. The number of aromatic amines is 1. The normalized spacial score (nSPS) is 35.5. The van der Waals surface area contributed by atoms with E-state index < -0.39 is 81.4 Å². The van der Waals surface area contributed by atoms with E-state index in [2.05, 4.69) is 15.0 Å². The standard InChI is InChI=1S/C16H24N5O12P/c1-6-3-21(16(27)18-14(6)25)10-2-7(19-20-17)8(32-10)4-30-34(28,29)31-5-9-11(22)12(23)13(24)15(26)33-9/h3,7-13,15,22-24,26H,2,4-5H2,1H3,(H,28,29)(H,18,25,27). The summed E-state index contributed by atoms with van der Waals surface area (Å²) in [7, 11) is -4.80. The number of H-pyrrole nitrogens is 1. The summed E-state index contributed by atoms with van der Waals surface area (Å²) >= 11 is 0. The third-order valence-corrected chi connectivity index (χ3v) is 6.30. The molecule has 1 aromatic heterocycles. The number of azide groups is 1. The molecule has 9 unspecified atom stereocenters. The topological polar surface area (TPSA) is 259 Å². The van der Waals surface area contributed by atoms with Crippen molar-refractivity contribution >= 4 is 7.82 Å². The second kappa shape index (κ2) is 10.6. The minimum absolute atomic E-state index is 0.000272. The lowest BCUT2D eigenvalue weighted by atomic mass is 10.00. The number of nitrogens with one attached hydrogen (secondary N) is 1. The van der Waals surface area contributed by atoms with Gasteiger partial charge in [0, 0.05) is 23.1 Å². The number of hydrogen-bond donors (Lipinski definition) is 6. The molecule has 0 bridgehead atoms. The molecule has 0 saturated carbocycles. The molecule has 0 radical (unpaired) electrons. The average molecular weight is 509 g/mol. The lowest BCUT2D eigenvalue weighted by molar-refractivity contribution is -0.285. The number of aliphatic hydroxyl groups is 4. The maximum atomic E-state index is 12.2. The van der Waals surface area contributed by atoms with Gasteiger partial charge in [-0.05, 0) is 12.5 Å². The smallest absolute Gasteiger partial charge is 0.387 e. The van der Waals surface area contributed by atoms with Crippen LogP contribution in [0.5, 0.6) is 0 Å². The molecule has 6 N–H and O–H groups in total. The van der Waals surface area contributed by atoms with Crippen LogP contribution in [-0.4, -0.2) is 90.9 Å². The van der Waals surface area contributed by atoms with Gasteiger partial charge in [0.05, 0.1) is 25.4 Å². The molecule has 3 heterocycles. The van der Waals surface area contributed by atoms with Crippen molar-refractivity contribution in [3.63, 3.8) is 0 Å². The van der Waals surface area contributed by atoms with Crippen molar-refractivity contribution in [2.24, 2.45) is 5.11 Å². The van der Waals surface area contributed by atoms with Gasteiger partial charge in [-0.1, -0.05) is 5.11 Å². The van der Waals surface area contributed by atoms with Crippen molar-refractivity contribution in [2.75, 3.05) is 13.2 Å². The van der Waals surface area contributed by atoms with Gasteiger partial charge in [-0.15, -0.1) is 0 Å². The van der Waals surface area contributed by atoms with Crippen LogP contribution in [0.25, 0.3) is 10.4 Å². The van der Waals surface area contributed by atoms with Gasteiger partial charge < -0.3 is 34.8 Å². The Hall–Kier alpha value is -2.14. The van der Waals surface area contributed by atoms with Gasteiger partial charge in [-0.3, -0.25) is 23.4 Å². The van der Waals surface area contributed by atoms with Gasteiger partial charge in [-0.25, -0.2) is 9.36 Å². The van der Waals surface area contributed by atoms with Crippen LogP contribution >= 0.6 is 7.82 Å². The van der Waals surface area contributed by atoms with E-state index in [0.717, 1.165) is 4.57 Å². The fourth-order valence-electron chi connectivity index (χ4n) is 3.46. The zero-order valence-electron chi connectivity index (χ0n) is 17.6. The molecule has 2 aliphatic rings. The quantitative estimate of drug-likeness (QED) is 0.0939. The number of aliphatic hydroxyl groups excluding tert-OH is 4. The molecule has 2 aliphatic heterocycles. The minimum atomic E-state index is -4.80. The molecular weight excluding hydrogens is 485 g/mol. The van der Waals surface area contributed by atoms with Crippen molar-refractivity contribution in [2.45, 2.75) is 62.4 Å². The maximum Gasteiger partial charge on any atom is 0.472 e. The van der Waals surface area contributed by atoms with Gasteiger partial charge >= 0.3 is 13.5 Å². The number of rotatable bonds is 8. The molecule has 0 aliphatic carbocycles. The molecule has 2 fully saturated rings. The zero-order chi connectivity index (χ0) is 25.2. The van der Waals surface area contributed by atoms with Gasteiger partial charge in [0.2, 0.25) is 0 Å². The largest absolute Gasteiger partial charge is 0.472 e. The maximum absolute atomic E-state index is 12.2. The predicted octanol–water partition coefficient (Wildman–Crippen LogP) is -2.26. The van der Waals surface area contributed by atoms with E-state index in [1.165, 1.54) is 13.1 Å². The van der Waals surface area contributed by atoms with Gasteiger partial charge in [0.1, 0.15) is 30.6 Å². The van der Waals surface area contributed by atoms with Crippen molar-refractivity contribution in [1.29, 1.82) is 0 Å². The Labute approximate surface area is 190 Å². The molecule has 34 heavy (non-hydrogen) atoms. The van der Waals surface area contributed by atoms with Crippen LogP contribution in [0.2, 0.25) is 0 Å². The van der Waals surface area contributed by atoms with Crippen LogP contribution in [0.15, 0.2) is 20.9 Å². The fourth-order valence-corrected chi connectivity index (χ4v) is 4.21. The number of hydrogen-bond acceptors (Lipinski definition) is 12. The summed E-state index contributed by atoms with van der Waals surface area (Å²) in [6.45, 7) is 0.0686. The average Bonchev–Trinajstić information content (AvgIpc) is 3.18. The van der Waals surface area contributed by atoms with E-state index in [1.807, 2.05) is 0 Å². The SMILES string of the molecule is Cc1cn(C2CC(N=[N+]=[N-])C(COP(=O)(O)OCC3OC(O)C(O)C(O)C3O)O2)c(=O)[nH]c1=O.